The van der Waals surface area contributed by atoms with Crippen LogP contribution in [0.3, 0.4) is 0 Å². The summed E-state index contributed by atoms with van der Waals surface area (Å²) in [5, 5.41) is 5.14. The van der Waals surface area contributed by atoms with Gasteiger partial charge in [0.25, 0.3) is 5.56 Å². The summed E-state index contributed by atoms with van der Waals surface area (Å²) >= 11 is 0. The van der Waals surface area contributed by atoms with Gasteiger partial charge < -0.3 is 4.98 Å². The van der Waals surface area contributed by atoms with Gasteiger partial charge in [-0.2, -0.15) is 5.10 Å². The molecular weight excluding hydrogens is 362 g/mol. The van der Waals surface area contributed by atoms with Gasteiger partial charge in [0.2, 0.25) is 0 Å². The van der Waals surface area contributed by atoms with Crippen LogP contribution in [0.4, 0.5) is 0 Å². The first-order chi connectivity index (χ1) is 14.1. The highest BCUT2D eigenvalue weighted by atomic mass is 16.1. The second-order valence-corrected chi connectivity index (χ2v) is 8.92. The third-order valence-corrected chi connectivity index (χ3v) is 6.85. The Morgan fingerprint density at radius 1 is 1.17 bits per heavy atom. The summed E-state index contributed by atoms with van der Waals surface area (Å²) in [6.45, 7) is 7.31. The fraction of sp³-hybridized carbons (Fsp3) is 0.522. The van der Waals surface area contributed by atoms with Gasteiger partial charge in [-0.1, -0.05) is 44.0 Å². The predicted octanol–water partition coefficient (Wildman–Crippen LogP) is 3.78. The first-order valence-electron chi connectivity index (χ1n) is 10.8. The lowest BCUT2D eigenvalue weighted by Crippen LogP contribution is -2.22. The van der Waals surface area contributed by atoms with Gasteiger partial charge in [-0.3, -0.25) is 9.69 Å². The number of likely N-dealkylation sites (tertiary alicyclic amines) is 1. The number of H-pyrrole nitrogens is 1. The molecule has 1 aliphatic heterocycles. The summed E-state index contributed by atoms with van der Waals surface area (Å²) in [6, 6.07) is 8.96. The minimum absolute atomic E-state index is 0.0567. The van der Waals surface area contributed by atoms with E-state index in [1.807, 2.05) is 4.68 Å². The molecule has 1 saturated carbocycles. The molecule has 2 aromatic heterocycles. The number of aromatic nitrogens is 4. The SMILES string of the molecule is Cc1ccccc1CN1C[C@@H](C)[C@H](c2nc3c(cnn3C3CCCC3)c(=O)[nH]2)C1. The smallest absolute Gasteiger partial charge is 0.262 e. The summed E-state index contributed by atoms with van der Waals surface area (Å²) in [5.74, 6) is 1.51. The van der Waals surface area contributed by atoms with Crippen LogP contribution in [0, 0.1) is 12.8 Å². The minimum atomic E-state index is -0.0567. The van der Waals surface area contributed by atoms with Crippen molar-refractivity contribution in [2.24, 2.45) is 5.92 Å². The molecule has 0 amide bonds. The molecule has 152 valence electrons. The Hall–Kier alpha value is -2.47. The zero-order valence-electron chi connectivity index (χ0n) is 17.3. The van der Waals surface area contributed by atoms with Gasteiger partial charge in [-0.15, -0.1) is 0 Å². The number of benzene rings is 1. The van der Waals surface area contributed by atoms with Crippen molar-refractivity contribution in [3.8, 4) is 0 Å². The standard InChI is InChI=1S/C23H29N5O/c1-15-7-3-4-8-17(15)13-27-12-16(2)20(14-27)21-25-22-19(23(29)26-21)11-24-28(22)18-9-5-6-10-18/h3-4,7-8,11,16,18,20H,5-6,9-10,12-14H2,1-2H3,(H,25,26,29)/t16-,20-/m1/s1. The van der Waals surface area contributed by atoms with E-state index in [0.717, 1.165) is 43.9 Å². The van der Waals surface area contributed by atoms with Crippen LogP contribution >= 0.6 is 0 Å². The highest BCUT2D eigenvalue weighted by Gasteiger charge is 2.33. The molecule has 0 bridgehead atoms. The molecule has 1 saturated heterocycles. The molecule has 29 heavy (non-hydrogen) atoms. The van der Waals surface area contributed by atoms with Gasteiger partial charge in [0.1, 0.15) is 11.2 Å². The van der Waals surface area contributed by atoms with Crippen LogP contribution in [-0.2, 0) is 6.54 Å². The molecule has 6 nitrogen and oxygen atoms in total. The predicted molar refractivity (Wildman–Crippen MR) is 114 cm³/mol. The summed E-state index contributed by atoms with van der Waals surface area (Å²) in [6.07, 6.45) is 6.41. The lowest BCUT2D eigenvalue weighted by molar-refractivity contribution is 0.318. The molecule has 0 radical (unpaired) electrons. The second kappa shape index (κ2) is 7.41. The molecule has 2 aliphatic rings. The highest BCUT2D eigenvalue weighted by Crippen LogP contribution is 2.33. The largest absolute Gasteiger partial charge is 0.310 e. The van der Waals surface area contributed by atoms with E-state index in [1.54, 1.807) is 6.20 Å². The number of aryl methyl sites for hydroxylation is 1. The van der Waals surface area contributed by atoms with Crippen LogP contribution in [0.25, 0.3) is 11.0 Å². The third-order valence-electron chi connectivity index (χ3n) is 6.85. The van der Waals surface area contributed by atoms with E-state index in [2.05, 4.69) is 53.1 Å². The van der Waals surface area contributed by atoms with Gasteiger partial charge in [-0.05, 0) is 36.8 Å². The monoisotopic (exact) mass is 391 g/mol. The number of aromatic amines is 1. The van der Waals surface area contributed by atoms with E-state index >= 15 is 0 Å². The van der Waals surface area contributed by atoms with Crippen molar-refractivity contribution < 1.29 is 0 Å². The van der Waals surface area contributed by atoms with Gasteiger partial charge in [0, 0.05) is 25.6 Å². The molecule has 2 fully saturated rings. The summed E-state index contributed by atoms with van der Waals surface area (Å²) < 4.78 is 2.01. The molecule has 1 aliphatic carbocycles. The van der Waals surface area contributed by atoms with E-state index in [1.165, 1.54) is 24.0 Å². The van der Waals surface area contributed by atoms with Crippen molar-refractivity contribution in [1.29, 1.82) is 0 Å². The summed E-state index contributed by atoms with van der Waals surface area (Å²) in [7, 11) is 0. The Kier molecular flexibility index (Phi) is 4.74. The van der Waals surface area contributed by atoms with Crippen LogP contribution in [0.15, 0.2) is 35.3 Å². The average molecular weight is 392 g/mol. The normalized spacial score (nSPS) is 23.4. The molecule has 0 spiro atoms. The van der Waals surface area contributed by atoms with Crippen LogP contribution < -0.4 is 5.56 Å². The van der Waals surface area contributed by atoms with E-state index in [4.69, 9.17) is 4.98 Å². The van der Waals surface area contributed by atoms with Crippen molar-refractivity contribution in [1.82, 2.24) is 24.6 Å². The summed E-state index contributed by atoms with van der Waals surface area (Å²) in [5.41, 5.74) is 3.41. The average Bonchev–Trinajstić information content (AvgIpc) is 3.43. The van der Waals surface area contributed by atoms with E-state index in [9.17, 15) is 4.79 Å². The summed E-state index contributed by atoms with van der Waals surface area (Å²) in [4.78, 5) is 23.3. The Morgan fingerprint density at radius 3 is 2.76 bits per heavy atom. The highest BCUT2D eigenvalue weighted by molar-refractivity contribution is 5.73. The van der Waals surface area contributed by atoms with E-state index in [0.29, 0.717) is 17.3 Å². The molecular formula is C23H29N5O. The van der Waals surface area contributed by atoms with E-state index < -0.39 is 0 Å². The maximum Gasteiger partial charge on any atom is 0.262 e. The van der Waals surface area contributed by atoms with Crippen molar-refractivity contribution in [2.75, 3.05) is 13.1 Å². The lowest BCUT2D eigenvalue weighted by atomic mass is 9.97. The van der Waals surface area contributed by atoms with Gasteiger partial charge >= 0.3 is 0 Å². The minimum Gasteiger partial charge on any atom is -0.310 e. The van der Waals surface area contributed by atoms with Gasteiger partial charge in [0.15, 0.2) is 5.65 Å². The number of hydrogen-bond donors (Lipinski definition) is 1. The third kappa shape index (κ3) is 3.39. The molecule has 2 atom stereocenters. The Bertz CT molecular complexity index is 1080. The fourth-order valence-electron chi connectivity index (χ4n) is 5.13. The van der Waals surface area contributed by atoms with Crippen LogP contribution in [0.2, 0.25) is 0 Å². The van der Waals surface area contributed by atoms with Crippen molar-refractivity contribution in [3.63, 3.8) is 0 Å². The van der Waals surface area contributed by atoms with Crippen LogP contribution in [0.5, 0.6) is 0 Å². The molecule has 1 aromatic carbocycles. The van der Waals surface area contributed by atoms with Crippen LogP contribution in [0.1, 0.15) is 61.5 Å². The molecule has 6 heteroatoms. The lowest BCUT2D eigenvalue weighted by Gasteiger charge is -2.17. The zero-order chi connectivity index (χ0) is 20.0. The second-order valence-electron chi connectivity index (χ2n) is 8.92. The fourth-order valence-corrected chi connectivity index (χ4v) is 5.13. The van der Waals surface area contributed by atoms with Gasteiger partial charge in [-0.25, -0.2) is 9.67 Å². The Balaban J connectivity index is 1.43. The van der Waals surface area contributed by atoms with E-state index in [-0.39, 0.29) is 11.5 Å². The molecule has 0 unspecified atom stereocenters. The first-order valence-corrected chi connectivity index (χ1v) is 10.8. The molecule has 5 rings (SSSR count). The topological polar surface area (TPSA) is 66.8 Å². The number of fused-ring (bicyclic) bond motifs is 1. The maximum absolute atomic E-state index is 12.7. The zero-order valence-corrected chi connectivity index (χ0v) is 17.3. The quantitative estimate of drug-likeness (QED) is 0.735. The number of hydrogen-bond acceptors (Lipinski definition) is 4. The maximum atomic E-state index is 12.7. The Labute approximate surface area is 171 Å². The number of nitrogens with zero attached hydrogens (tertiary/aromatic N) is 4. The van der Waals surface area contributed by atoms with Crippen molar-refractivity contribution in [3.05, 3.63) is 57.8 Å². The first kappa shape index (κ1) is 18.6. The number of nitrogens with one attached hydrogen (secondary N) is 1. The van der Waals surface area contributed by atoms with Gasteiger partial charge in [0.05, 0.1) is 12.2 Å². The molecule has 1 N–H and O–H groups in total. The Morgan fingerprint density at radius 2 is 1.97 bits per heavy atom. The molecule has 3 heterocycles. The van der Waals surface area contributed by atoms with Crippen LogP contribution in [-0.4, -0.2) is 37.7 Å². The number of rotatable bonds is 4. The van der Waals surface area contributed by atoms with Crippen molar-refractivity contribution >= 4 is 11.0 Å². The molecule has 3 aromatic rings. The van der Waals surface area contributed by atoms with Crippen molar-refractivity contribution in [2.45, 2.75) is 58.0 Å².